The van der Waals surface area contributed by atoms with Gasteiger partial charge >= 0.3 is 5.97 Å². The zero-order valence-corrected chi connectivity index (χ0v) is 11.9. The fraction of sp³-hybridized carbons (Fsp3) is 0.133. The van der Waals surface area contributed by atoms with Gasteiger partial charge in [0.2, 0.25) is 0 Å². The van der Waals surface area contributed by atoms with Gasteiger partial charge in [-0.2, -0.15) is 0 Å². The number of hydrogen-bond acceptors (Lipinski definition) is 4. The molecule has 0 spiro atoms. The van der Waals surface area contributed by atoms with Crippen LogP contribution >= 0.6 is 11.3 Å². The van der Waals surface area contributed by atoms with Gasteiger partial charge in [0.05, 0.1) is 11.1 Å². The molecule has 0 fully saturated rings. The third kappa shape index (κ3) is 1.96. The van der Waals surface area contributed by atoms with Gasteiger partial charge in [-0.15, -0.1) is 11.3 Å². The van der Waals surface area contributed by atoms with Crippen molar-refractivity contribution in [2.45, 2.75) is 13.8 Å². The standard InChI is InChI=1S/C15H12N2O2S/c1-8-3-4-10-11(15(18)19)7-12(14-16-5-6-20-14)17-13(10)9(8)2/h3-7H,1-2H3,(H,18,19). The fourth-order valence-electron chi connectivity index (χ4n) is 2.17. The predicted molar refractivity (Wildman–Crippen MR) is 79.3 cm³/mol. The normalized spacial score (nSPS) is 10.9. The molecule has 1 N–H and O–H groups in total. The topological polar surface area (TPSA) is 63.1 Å². The van der Waals surface area contributed by atoms with Gasteiger partial charge in [-0.25, -0.2) is 14.8 Å². The molecule has 100 valence electrons. The van der Waals surface area contributed by atoms with E-state index in [0.717, 1.165) is 21.7 Å². The van der Waals surface area contributed by atoms with Crippen LogP contribution in [0, 0.1) is 13.8 Å². The maximum atomic E-state index is 11.5. The van der Waals surface area contributed by atoms with Crippen molar-refractivity contribution in [1.29, 1.82) is 0 Å². The monoisotopic (exact) mass is 284 g/mol. The SMILES string of the molecule is Cc1ccc2c(C(=O)O)cc(-c3nccs3)nc2c1C. The van der Waals surface area contributed by atoms with Gasteiger partial charge in [0.25, 0.3) is 0 Å². The van der Waals surface area contributed by atoms with E-state index < -0.39 is 5.97 Å². The van der Waals surface area contributed by atoms with Crippen molar-refractivity contribution in [1.82, 2.24) is 9.97 Å². The van der Waals surface area contributed by atoms with Gasteiger partial charge in [0, 0.05) is 17.0 Å². The van der Waals surface area contributed by atoms with Crippen LogP contribution in [-0.4, -0.2) is 21.0 Å². The Morgan fingerprint density at radius 2 is 2.10 bits per heavy atom. The minimum absolute atomic E-state index is 0.267. The van der Waals surface area contributed by atoms with Crippen molar-refractivity contribution in [2.24, 2.45) is 0 Å². The Bertz CT molecular complexity index is 810. The smallest absolute Gasteiger partial charge is 0.336 e. The summed E-state index contributed by atoms with van der Waals surface area (Å²) in [6, 6.07) is 5.34. The molecule has 2 heterocycles. The van der Waals surface area contributed by atoms with Gasteiger partial charge < -0.3 is 5.11 Å². The van der Waals surface area contributed by atoms with Crippen molar-refractivity contribution in [3.05, 3.63) is 46.5 Å². The average Bonchev–Trinajstić information content (AvgIpc) is 2.96. The number of carboxylic acids is 1. The zero-order chi connectivity index (χ0) is 14.3. The minimum Gasteiger partial charge on any atom is -0.478 e. The Hall–Kier alpha value is -2.27. The molecule has 3 rings (SSSR count). The van der Waals surface area contributed by atoms with Crippen LogP contribution < -0.4 is 0 Å². The van der Waals surface area contributed by atoms with Crippen LogP contribution in [-0.2, 0) is 0 Å². The molecule has 0 aliphatic rings. The second-order valence-corrected chi connectivity index (χ2v) is 5.50. The van der Waals surface area contributed by atoms with Crippen molar-refractivity contribution >= 4 is 28.2 Å². The molecule has 0 aliphatic heterocycles. The predicted octanol–water partition coefficient (Wildman–Crippen LogP) is 3.67. The number of thiazole rings is 1. The highest BCUT2D eigenvalue weighted by Gasteiger charge is 2.15. The Balaban J connectivity index is 2.41. The molecule has 20 heavy (non-hydrogen) atoms. The Morgan fingerprint density at radius 1 is 1.30 bits per heavy atom. The highest BCUT2D eigenvalue weighted by atomic mass is 32.1. The highest BCUT2D eigenvalue weighted by molar-refractivity contribution is 7.13. The van der Waals surface area contributed by atoms with E-state index in [9.17, 15) is 9.90 Å². The van der Waals surface area contributed by atoms with E-state index >= 15 is 0 Å². The zero-order valence-electron chi connectivity index (χ0n) is 11.0. The van der Waals surface area contributed by atoms with Gasteiger partial charge in [-0.1, -0.05) is 12.1 Å². The molecule has 2 aromatic heterocycles. The molecule has 0 unspecified atom stereocenters. The third-order valence-electron chi connectivity index (χ3n) is 3.39. The van der Waals surface area contributed by atoms with Crippen molar-refractivity contribution in [3.63, 3.8) is 0 Å². The first-order chi connectivity index (χ1) is 9.58. The third-order valence-corrected chi connectivity index (χ3v) is 4.18. The second-order valence-electron chi connectivity index (χ2n) is 4.60. The number of carbonyl (C=O) groups is 1. The number of nitrogens with zero attached hydrogens (tertiary/aromatic N) is 2. The number of aromatic carboxylic acids is 1. The molecule has 0 atom stereocenters. The van der Waals surface area contributed by atoms with Gasteiger partial charge in [0.15, 0.2) is 0 Å². The molecular formula is C15H12N2O2S. The van der Waals surface area contributed by atoms with E-state index in [1.165, 1.54) is 11.3 Å². The summed E-state index contributed by atoms with van der Waals surface area (Å²) in [6.07, 6.45) is 1.69. The summed E-state index contributed by atoms with van der Waals surface area (Å²) in [4.78, 5) is 20.3. The molecule has 5 heteroatoms. The van der Waals surface area contributed by atoms with Gasteiger partial charge in [0.1, 0.15) is 10.7 Å². The lowest BCUT2D eigenvalue weighted by Crippen LogP contribution is -2.01. The van der Waals surface area contributed by atoms with Crippen LogP contribution in [0.4, 0.5) is 0 Å². The summed E-state index contributed by atoms with van der Waals surface area (Å²) >= 11 is 1.45. The summed E-state index contributed by atoms with van der Waals surface area (Å²) < 4.78 is 0. The largest absolute Gasteiger partial charge is 0.478 e. The lowest BCUT2D eigenvalue weighted by atomic mass is 10.0. The van der Waals surface area contributed by atoms with E-state index in [1.54, 1.807) is 12.3 Å². The first-order valence-corrected chi connectivity index (χ1v) is 7.00. The lowest BCUT2D eigenvalue weighted by Gasteiger charge is -2.09. The molecule has 1 aromatic carbocycles. The summed E-state index contributed by atoms with van der Waals surface area (Å²) in [5, 5.41) is 12.7. The molecule has 0 amide bonds. The lowest BCUT2D eigenvalue weighted by molar-refractivity contribution is 0.0699. The van der Waals surface area contributed by atoms with E-state index in [1.807, 2.05) is 31.4 Å². The van der Waals surface area contributed by atoms with Crippen LogP contribution in [0.3, 0.4) is 0 Å². The summed E-state index contributed by atoms with van der Waals surface area (Å²) in [5.41, 5.74) is 3.71. The average molecular weight is 284 g/mol. The van der Waals surface area contributed by atoms with Crippen molar-refractivity contribution < 1.29 is 9.90 Å². The maximum absolute atomic E-state index is 11.5. The van der Waals surface area contributed by atoms with Crippen molar-refractivity contribution in [2.75, 3.05) is 0 Å². The molecule has 0 bridgehead atoms. The summed E-state index contributed by atoms with van der Waals surface area (Å²) in [7, 11) is 0. The Morgan fingerprint density at radius 3 is 2.75 bits per heavy atom. The molecular weight excluding hydrogens is 272 g/mol. The Kier molecular flexibility index (Phi) is 2.99. The van der Waals surface area contributed by atoms with Gasteiger partial charge in [-0.05, 0) is 31.0 Å². The van der Waals surface area contributed by atoms with E-state index in [4.69, 9.17) is 0 Å². The molecule has 3 aromatic rings. The van der Waals surface area contributed by atoms with E-state index in [2.05, 4.69) is 9.97 Å². The number of hydrogen-bond donors (Lipinski definition) is 1. The van der Waals surface area contributed by atoms with Gasteiger partial charge in [-0.3, -0.25) is 0 Å². The summed E-state index contributed by atoms with van der Waals surface area (Å²) in [5.74, 6) is -0.946. The van der Waals surface area contributed by atoms with E-state index in [0.29, 0.717) is 11.1 Å². The van der Waals surface area contributed by atoms with Crippen LogP contribution in [0.25, 0.3) is 21.6 Å². The first kappa shape index (κ1) is 12.7. The number of carboxylic acid groups (broad SMARTS) is 1. The second kappa shape index (κ2) is 4.68. The minimum atomic E-state index is -0.946. The Labute approximate surface area is 119 Å². The number of fused-ring (bicyclic) bond motifs is 1. The molecule has 0 saturated heterocycles. The van der Waals surface area contributed by atoms with Crippen LogP contribution in [0.1, 0.15) is 21.5 Å². The quantitative estimate of drug-likeness (QED) is 0.779. The number of pyridine rings is 1. The van der Waals surface area contributed by atoms with Crippen LogP contribution in [0.15, 0.2) is 29.8 Å². The number of aromatic nitrogens is 2. The fourth-order valence-corrected chi connectivity index (χ4v) is 2.76. The number of aryl methyl sites for hydroxylation is 2. The number of benzene rings is 1. The molecule has 0 saturated carbocycles. The maximum Gasteiger partial charge on any atom is 0.336 e. The molecule has 0 radical (unpaired) electrons. The summed E-state index contributed by atoms with van der Waals surface area (Å²) in [6.45, 7) is 3.95. The molecule has 4 nitrogen and oxygen atoms in total. The van der Waals surface area contributed by atoms with Crippen LogP contribution in [0.2, 0.25) is 0 Å². The first-order valence-electron chi connectivity index (χ1n) is 6.12. The van der Waals surface area contributed by atoms with E-state index in [-0.39, 0.29) is 5.56 Å². The molecule has 0 aliphatic carbocycles. The van der Waals surface area contributed by atoms with Crippen LogP contribution in [0.5, 0.6) is 0 Å². The number of rotatable bonds is 2. The van der Waals surface area contributed by atoms with Crippen molar-refractivity contribution in [3.8, 4) is 10.7 Å². The highest BCUT2D eigenvalue weighted by Crippen LogP contribution is 2.28.